The van der Waals surface area contributed by atoms with Crippen LogP contribution in [-0.2, 0) is 5.41 Å². The lowest BCUT2D eigenvalue weighted by Gasteiger charge is -2.39. The van der Waals surface area contributed by atoms with Crippen LogP contribution in [0.3, 0.4) is 0 Å². The van der Waals surface area contributed by atoms with Gasteiger partial charge in [-0.3, -0.25) is 4.98 Å². The fourth-order valence-electron chi connectivity index (χ4n) is 9.65. The monoisotopic (exact) mass is 592 g/mol. The van der Waals surface area contributed by atoms with Crippen molar-refractivity contribution in [2.24, 2.45) is 0 Å². The van der Waals surface area contributed by atoms with Crippen LogP contribution in [0.5, 0.6) is 11.6 Å². The van der Waals surface area contributed by atoms with E-state index >= 15 is 0 Å². The summed E-state index contributed by atoms with van der Waals surface area (Å²) < 4.78 is 14.0. The van der Waals surface area contributed by atoms with E-state index in [1.54, 1.807) is 0 Å². The molecule has 0 fully saturated rings. The molecular weight excluding hydrogens is 570 g/mol. The third-order valence-corrected chi connectivity index (χ3v) is 11.0. The van der Waals surface area contributed by atoms with E-state index in [4.69, 9.17) is 14.8 Å². The molecule has 0 saturated carbocycles. The number of quaternary nitrogens is 1. The number of hydrogen-bond acceptors (Lipinski definition) is 3. The van der Waals surface area contributed by atoms with Gasteiger partial charge >= 0.3 is 22.9 Å². The Morgan fingerprint density at radius 2 is 1.63 bits per heavy atom. The molecule has 0 amide bonds. The van der Waals surface area contributed by atoms with E-state index in [0.717, 1.165) is 62.2 Å². The summed E-state index contributed by atoms with van der Waals surface area (Å²) in [5, 5.41) is 6.34. The first-order chi connectivity index (χ1) is 22.7. The third-order valence-electron chi connectivity index (χ3n) is 11.0. The maximum Gasteiger partial charge on any atom is 0.438 e. The minimum Gasteiger partial charge on any atom is -0.394 e. The second kappa shape index (κ2) is 6.75. The molecule has 8 aromatic rings. The molecular formula is C38H22N7O+3. The standard InChI is InChI=1S/C38H22N7O/c1-21-20-30-29-13-6-14-32-43(29)45(44(30)40-21)36-31(46-32)16-15-27-35(36)42-34-28(17-18-39-33(34)24-10-7-19-41(45)37(24)42)38(27)25-11-4-2-8-22(25)23-9-3-5-12-26(23)38/h2-20H,1H3/q+3. The number of hydrogen-bond donors (Lipinski definition) is 0. The lowest BCUT2D eigenvalue weighted by molar-refractivity contribution is -1.05. The third kappa shape index (κ3) is 1.94. The van der Waals surface area contributed by atoms with E-state index in [0.29, 0.717) is 0 Å². The Balaban J connectivity index is 1.36. The summed E-state index contributed by atoms with van der Waals surface area (Å²) in [7, 11) is 0. The van der Waals surface area contributed by atoms with Crippen LogP contribution < -0.4 is 18.9 Å². The number of nitrogens with zero attached hydrogens (tertiary/aromatic N) is 7. The summed E-state index contributed by atoms with van der Waals surface area (Å²) in [5.41, 5.74) is 15.5. The van der Waals surface area contributed by atoms with Crippen molar-refractivity contribution in [2.45, 2.75) is 12.3 Å². The molecule has 212 valence electrons. The van der Waals surface area contributed by atoms with Crippen LogP contribution in [0, 0.1) is 6.92 Å². The van der Waals surface area contributed by atoms with Crippen molar-refractivity contribution in [1.82, 2.24) is 24.3 Å². The zero-order valence-electron chi connectivity index (χ0n) is 24.5. The minimum absolute atomic E-state index is 0.176. The van der Waals surface area contributed by atoms with Crippen molar-refractivity contribution in [3.05, 3.63) is 143 Å². The van der Waals surface area contributed by atoms with E-state index < -0.39 is 5.41 Å². The first-order valence-electron chi connectivity index (χ1n) is 15.7. The lowest BCUT2D eigenvalue weighted by atomic mass is 9.65. The number of pyridine rings is 3. The van der Waals surface area contributed by atoms with Gasteiger partial charge in [0.05, 0.1) is 17.2 Å². The summed E-state index contributed by atoms with van der Waals surface area (Å²) in [6, 6.07) is 37.5. The Hall–Kier alpha value is -6.12. The molecule has 0 radical (unpaired) electrons. The maximum absolute atomic E-state index is 6.87. The van der Waals surface area contributed by atoms with E-state index in [2.05, 4.69) is 135 Å². The van der Waals surface area contributed by atoms with Crippen LogP contribution in [0.1, 0.15) is 27.9 Å². The van der Waals surface area contributed by atoms with Crippen LogP contribution >= 0.6 is 0 Å². The largest absolute Gasteiger partial charge is 0.438 e. The van der Waals surface area contributed by atoms with Gasteiger partial charge in [-0.15, -0.1) is 5.10 Å². The van der Waals surface area contributed by atoms with Gasteiger partial charge in [0.2, 0.25) is 21.9 Å². The summed E-state index contributed by atoms with van der Waals surface area (Å²) in [4.78, 5) is 7.46. The lowest BCUT2D eigenvalue weighted by Crippen LogP contribution is -2.88. The summed E-state index contributed by atoms with van der Waals surface area (Å²) in [5.74, 6) is 1.58. The highest BCUT2D eigenvalue weighted by atomic mass is 16.5. The van der Waals surface area contributed by atoms with Gasteiger partial charge in [0, 0.05) is 32.9 Å². The first-order valence-corrected chi connectivity index (χ1v) is 15.7. The van der Waals surface area contributed by atoms with Crippen molar-refractivity contribution in [3.63, 3.8) is 0 Å². The van der Waals surface area contributed by atoms with Crippen molar-refractivity contribution in [1.29, 1.82) is 0 Å². The Morgan fingerprint density at radius 3 is 2.48 bits per heavy atom. The quantitative estimate of drug-likeness (QED) is 0.160. The molecule has 4 aliphatic heterocycles. The van der Waals surface area contributed by atoms with Gasteiger partial charge in [0.1, 0.15) is 15.6 Å². The molecule has 0 saturated heterocycles. The van der Waals surface area contributed by atoms with Crippen molar-refractivity contribution in [3.8, 4) is 39.8 Å². The first kappa shape index (κ1) is 22.4. The number of aromatic nitrogens is 6. The highest BCUT2D eigenvalue weighted by Gasteiger charge is 2.73. The van der Waals surface area contributed by atoms with E-state index in [1.807, 2.05) is 6.20 Å². The Kier molecular flexibility index (Phi) is 3.29. The summed E-state index contributed by atoms with van der Waals surface area (Å²) in [6.07, 6.45) is 4.18. The minimum atomic E-state index is -0.553. The number of ether oxygens (including phenoxy) is 1. The predicted octanol–water partition coefficient (Wildman–Crippen LogP) is 6.03. The van der Waals surface area contributed by atoms with Crippen molar-refractivity contribution < 1.29 is 14.1 Å². The number of rotatable bonds is 0. The van der Waals surface area contributed by atoms with E-state index in [9.17, 15) is 0 Å². The average molecular weight is 593 g/mol. The molecule has 1 unspecified atom stereocenters. The average Bonchev–Trinajstić information content (AvgIpc) is 3.81. The molecule has 0 bridgehead atoms. The van der Waals surface area contributed by atoms with Gasteiger partial charge < -0.3 is 4.74 Å². The van der Waals surface area contributed by atoms with Crippen LogP contribution in [0.2, 0.25) is 0 Å². The van der Waals surface area contributed by atoms with Gasteiger partial charge in [0.15, 0.2) is 11.7 Å². The van der Waals surface area contributed by atoms with Crippen LogP contribution in [0.25, 0.3) is 50.3 Å². The molecule has 8 heteroatoms. The van der Waals surface area contributed by atoms with Crippen LogP contribution in [0.15, 0.2) is 116 Å². The Bertz CT molecular complexity index is 2780. The summed E-state index contributed by atoms with van der Waals surface area (Å²) >= 11 is 0. The fraction of sp³-hybridized carbons (Fsp3) is 0.0526. The Labute approximate surface area is 261 Å². The van der Waals surface area contributed by atoms with E-state index in [-0.39, 0.29) is 4.81 Å². The molecule has 1 atom stereocenters. The fourth-order valence-corrected chi connectivity index (χ4v) is 9.65. The molecule has 2 spiro atoms. The van der Waals surface area contributed by atoms with Gasteiger partial charge in [0.25, 0.3) is 0 Å². The number of benzene rings is 3. The molecule has 5 aromatic heterocycles. The van der Waals surface area contributed by atoms with Crippen molar-refractivity contribution in [2.75, 3.05) is 0 Å². The molecule has 13 rings (SSSR count). The normalized spacial score (nSPS) is 18.5. The molecule has 46 heavy (non-hydrogen) atoms. The van der Waals surface area contributed by atoms with Gasteiger partial charge in [-0.25, -0.2) is 0 Å². The van der Waals surface area contributed by atoms with Gasteiger partial charge in [-0.2, -0.15) is 4.57 Å². The van der Waals surface area contributed by atoms with E-state index in [1.165, 1.54) is 33.4 Å². The predicted molar refractivity (Wildman–Crippen MR) is 170 cm³/mol. The second-order valence-electron chi connectivity index (χ2n) is 12.9. The smallest absolute Gasteiger partial charge is 0.394 e. The summed E-state index contributed by atoms with van der Waals surface area (Å²) in [6.45, 7) is 2.07. The molecule has 9 heterocycles. The second-order valence-corrected chi connectivity index (χ2v) is 12.9. The number of fused-ring (bicyclic) bond motifs is 10. The van der Waals surface area contributed by atoms with Gasteiger partial charge in [-0.1, -0.05) is 48.5 Å². The molecule has 8 nitrogen and oxygen atoms in total. The maximum atomic E-state index is 6.87. The number of aryl methyl sites for hydroxylation is 1. The molecule has 0 N–H and O–H groups in total. The molecule has 5 aliphatic rings. The Morgan fingerprint density at radius 1 is 0.804 bits per heavy atom. The SMILES string of the molecule is Cc1cc2n(n1)[N+]13c4c(ccc5c4-n4c6c(ccnc6c6ccc[n+]1c64)C51c4ccccc4-c4ccccc41)Oc1cccc-2[n+]13. The van der Waals surface area contributed by atoms with Crippen molar-refractivity contribution >= 4 is 27.8 Å². The van der Waals surface area contributed by atoms with Crippen LogP contribution in [-0.4, -0.2) is 19.4 Å². The van der Waals surface area contributed by atoms with Gasteiger partial charge in [-0.05, 0) is 71.6 Å². The molecule has 3 aromatic carbocycles. The topological polar surface area (TPSA) is 52.6 Å². The highest BCUT2D eigenvalue weighted by molar-refractivity contribution is 6.10. The van der Waals surface area contributed by atoms with Crippen LogP contribution in [0.4, 0.5) is 5.69 Å². The zero-order valence-corrected chi connectivity index (χ0v) is 24.5. The molecule has 1 aliphatic carbocycles. The zero-order chi connectivity index (χ0) is 29.7. The highest BCUT2D eigenvalue weighted by Crippen LogP contribution is 2.64.